The number of ether oxygens (including phenoxy) is 1. The Morgan fingerprint density at radius 3 is 2.82 bits per heavy atom. The van der Waals surface area contributed by atoms with Gasteiger partial charge in [-0.2, -0.15) is 0 Å². The fourth-order valence-corrected chi connectivity index (χ4v) is 2.57. The van der Waals surface area contributed by atoms with Gasteiger partial charge in [-0.3, -0.25) is 4.90 Å². The van der Waals surface area contributed by atoms with E-state index in [1.807, 2.05) is 12.1 Å². The van der Waals surface area contributed by atoms with Gasteiger partial charge in [0.2, 0.25) is 0 Å². The van der Waals surface area contributed by atoms with Gasteiger partial charge in [-0.05, 0) is 32.0 Å². The van der Waals surface area contributed by atoms with Crippen molar-refractivity contribution in [3.05, 3.63) is 23.8 Å². The number of benzene rings is 1. The predicted molar refractivity (Wildman–Crippen MR) is 67.2 cm³/mol. The van der Waals surface area contributed by atoms with Gasteiger partial charge in [-0.15, -0.1) is 0 Å². The maximum absolute atomic E-state index is 10.0. The van der Waals surface area contributed by atoms with Gasteiger partial charge in [0, 0.05) is 24.2 Å². The minimum Gasteiger partial charge on any atom is -0.507 e. The van der Waals surface area contributed by atoms with Crippen LogP contribution in [0.15, 0.2) is 18.2 Å². The van der Waals surface area contributed by atoms with Crippen molar-refractivity contribution in [1.82, 2.24) is 4.90 Å². The number of rotatable bonds is 3. The molecule has 1 aliphatic heterocycles. The van der Waals surface area contributed by atoms with E-state index in [2.05, 4.69) is 11.9 Å². The summed E-state index contributed by atoms with van der Waals surface area (Å²) in [6.45, 7) is 1.70. The third-order valence-corrected chi connectivity index (χ3v) is 3.56. The maximum Gasteiger partial charge on any atom is 0.124 e. The highest BCUT2D eigenvalue weighted by atomic mass is 16.5. The van der Waals surface area contributed by atoms with Crippen molar-refractivity contribution in [1.29, 1.82) is 0 Å². The van der Waals surface area contributed by atoms with E-state index < -0.39 is 0 Å². The zero-order valence-electron chi connectivity index (χ0n) is 10.4. The number of aromatic hydroxyl groups is 1. The first-order chi connectivity index (χ1) is 8.15. The molecule has 0 amide bonds. The Bertz CT molecular complexity index is 395. The molecule has 0 bridgehead atoms. The van der Waals surface area contributed by atoms with Crippen LogP contribution in [0, 0.1) is 5.92 Å². The molecule has 3 N–H and O–H groups in total. The number of likely N-dealkylation sites (tertiary alicyclic amines) is 1. The molecule has 2 rings (SSSR count). The SMILES string of the molecule is COc1ccc(C2CC(CN)CN2C)c(O)c1. The summed E-state index contributed by atoms with van der Waals surface area (Å²) in [6, 6.07) is 5.75. The molecular formula is C13H20N2O2. The van der Waals surface area contributed by atoms with Crippen LogP contribution >= 0.6 is 0 Å². The van der Waals surface area contributed by atoms with Gasteiger partial charge in [-0.25, -0.2) is 0 Å². The topological polar surface area (TPSA) is 58.7 Å². The molecule has 2 unspecified atom stereocenters. The first-order valence-corrected chi connectivity index (χ1v) is 5.93. The number of phenols is 1. The smallest absolute Gasteiger partial charge is 0.124 e. The number of nitrogens with zero attached hydrogens (tertiary/aromatic N) is 1. The second-order valence-corrected chi connectivity index (χ2v) is 4.72. The zero-order valence-corrected chi connectivity index (χ0v) is 10.4. The molecule has 0 aromatic heterocycles. The summed E-state index contributed by atoms with van der Waals surface area (Å²) in [5, 5.41) is 10.0. The standard InChI is InChI=1S/C13H20N2O2/c1-15-8-9(7-14)5-12(15)11-4-3-10(17-2)6-13(11)16/h3-4,6,9,12,16H,5,7-8,14H2,1-2H3. The monoisotopic (exact) mass is 236 g/mol. The molecule has 1 fully saturated rings. The lowest BCUT2D eigenvalue weighted by Gasteiger charge is -2.20. The average Bonchev–Trinajstić information content (AvgIpc) is 2.70. The van der Waals surface area contributed by atoms with E-state index in [0.717, 1.165) is 18.5 Å². The molecule has 1 aliphatic rings. The molecule has 0 saturated carbocycles. The van der Waals surface area contributed by atoms with E-state index in [9.17, 15) is 5.11 Å². The summed E-state index contributed by atoms with van der Waals surface area (Å²) < 4.78 is 5.09. The molecule has 4 nitrogen and oxygen atoms in total. The molecule has 94 valence electrons. The molecule has 0 spiro atoms. The lowest BCUT2D eigenvalue weighted by Crippen LogP contribution is -2.20. The Labute approximate surface area is 102 Å². The minimum atomic E-state index is 0.259. The second-order valence-electron chi connectivity index (χ2n) is 4.72. The van der Waals surface area contributed by atoms with Crippen LogP contribution < -0.4 is 10.5 Å². The number of phenolic OH excluding ortho intramolecular Hbond substituents is 1. The summed E-state index contributed by atoms with van der Waals surface area (Å²) in [6.07, 6.45) is 1.01. The van der Waals surface area contributed by atoms with Crippen LogP contribution in [0.5, 0.6) is 11.5 Å². The molecule has 0 aliphatic carbocycles. The predicted octanol–water partition coefficient (Wildman–Crippen LogP) is 1.35. The van der Waals surface area contributed by atoms with Gasteiger partial charge in [0.05, 0.1) is 7.11 Å². The number of methoxy groups -OCH3 is 1. The van der Waals surface area contributed by atoms with Crippen molar-refractivity contribution < 1.29 is 9.84 Å². The van der Waals surface area contributed by atoms with E-state index in [4.69, 9.17) is 10.5 Å². The van der Waals surface area contributed by atoms with E-state index in [1.54, 1.807) is 13.2 Å². The second kappa shape index (κ2) is 4.94. The number of hydrogen-bond acceptors (Lipinski definition) is 4. The van der Waals surface area contributed by atoms with Crippen LogP contribution in [-0.4, -0.2) is 37.3 Å². The van der Waals surface area contributed by atoms with Crippen molar-refractivity contribution in [2.24, 2.45) is 11.7 Å². The first kappa shape index (κ1) is 12.2. The third-order valence-electron chi connectivity index (χ3n) is 3.56. The maximum atomic E-state index is 10.0. The van der Waals surface area contributed by atoms with Gasteiger partial charge in [0.15, 0.2) is 0 Å². The van der Waals surface area contributed by atoms with Crippen molar-refractivity contribution in [2.45, 2.75) is 12.5 Å². The molecular weight excluding hydrogens is 216 g/mol. The van der Waals surface area contributed by atoms with Crippen LogP contribution in [0.1, 0.15) is 18.0 Å². The zero-order chi connectivity index (χ0) is 12.4. The Morgan fingerprint density at radius 1 is 1.53 bits per heavy atom. The number of hydrogen-bond donors (Lipinski definition) is 2. The normalized spacial score (nSPS) is 25.1. The average molecular weight is 236 g/mol. The Morgan fingerprint density at radius 2 is 2.29 bits per heavy atom. The molecule has 1 aromatic rings. The highest BCUT2D eigenvalue weighted by Crippen LogP contribution is 2.38. The van der Waals surface area contributed by atoms with E-state index in [0.29, 0.717) is 24.0 Å². The third kappa shape index (κ3) is 2.37. The lowest BCUT2D eigenvalue weighted by molar-refractivity contribution is 0.305. The van der Waals surface area contributed by atoms with E-state index in [-0.39, 0.29) is 6.04 Å². The first-order valence-electron chi connectivity index (χ1n) is 5.93. The van der Waals surface area contributed by atoms with Gasteiger partial charge < -0.3 is 15.6 Å². The highest BCUT2D eigenvalue weighted by Gasteiger charge is 2.31. The van der Waals surface area contributed by atoms with Crippen LogP contribution in [0.3, 0.4) is 0 Å². The highest BCUT2D eigenvalue weighted by molar-refractivity contribution is 5.41. The van der Waals surface area contributed by atoms with Crippen LogP contribution in [0.25, 0.3) is 0 Å². The summed E-state index contributed by atoms with van der Waals surface area (Å²) in [5.74, 6) is 1.51. The fourth-order valence-electron chi connectivity index (χ4n) is 2.57. The molecule has 1 aromatic carbocycles. The molecule has 0 radical (unpaired) electrons. The van der Waals surface area contributed by atoms with Gasteiger partial charge >= 0.3 is 0 Å². The largest absolute Gasteiger partial charge is 0.507 e. The lowest BCUT2D eigenvalue weighted by atomic mass is 9.99. The Hall–Kier alpha value is -1.26. The molecule has 1 heterocycles. The van der Waals surface area contributed by atoms with E-state index in [1.165, 1.54) is 0 Å². The van der Waals surface area contributed by atoms with Crippen LogP contribution in [-0.2, 0) is 0 Å². The van der Waals surface area contributed by atoms with Crippen molar-refractivity contribution >= 4 is 0 Å². The summed E-state index contributed by atoms with van der Waals surface area (Å²) >= 11 is 0. The molecule has 17 heavy (non-hydrogen) atoms. The van der Waals surface area contributed by atoms with Gasteiger partial charge in [-0.1, -0.05) is 6.07 Å². The molecule has 2 atom stereocenters. The number of nitrogens with two attached hydrogens (primary N) is 1. The van der Waals surface area contributed by atoms with Crippen molar-refractivity contribution in [3.8, 4) is 11.5 Å². The summed E-state index contributed by atoms with van der Waals surface area (Å²) in [7, 11) is 3.67. The van der Waals surface area contributed by atoms with Gasteiger partial charge in [0.25, 0.3) is 0 Å². The van der Waals surface area contributed by atoms with Crippen molar-refractivity contribution in [3.63, 3.8) is 0 Å². The van der Waals surface area contributed by atoms with Gasteiger partial charge in [0.1, 0.15) is 11.5 Å². The van der Waals surface area contributed by atoms with Crippen LogP contribution in [0.2, 0.25) is 0 Å². The molecule has 4 heteroatoms. The quantitative estimate of drug-likeness (QED) is 0.831. The summed E-state index contributed by atoms with van der Waals surface area (Å²) in [4.78, 5) is 2.25. The van der Waals surface area contributed by atoms with Crippen LogP contribution in [0.4, 0.5) is 0 Å². The Balaban J connectivity index is 2.22. The van der Waals surface area contributed by atoms with Crippen molar-refractivity contribution in [2.75, 3.05) is 27.2 Å². The van der Waals surface area contributed by atoms with E-state index >= 15 is 0 Å². The Kier molecular flexibility index (Phi) is 3.54. The fraction of sp³-hybridized carbons (Fsp3) is 0.538. The molecule has 1 saturated heterocycles. The summed E-state index contributed by atoms with van der Waals surface area (Å²) in [5.41, 5.74) is 6.67. The minimum absolute atomic E-state index is 0.259.